The standard InChI is InChI=1S/C28H41NO3/c1-3-26(22-14-18-24(30)19-15-22)27(23-16-20-25(31)21-17-23)12-10-8-6-4-5-7-9-11-13-28(32)29-2/h14-21,26-27,30-31H,3-13H2,1-2H3,(H,29,32). The number of rotatable bonds is 15. The molecule has 1 amide bonds. The molecule has 0 heterocycles. The summed E-state index contributed by atoms with van der Waals surface area (Å²) in [6.45, 7) is 2.23. The van der Waals surface area contributed by atoms with Crippen LogP contribution in [0.1, 0.15) is 101 Å². The van der Waals surface area contributed by atoms with Crippen molar-refractivity contribution in [2.24, 2.45) is 0 Å². The number of phenolic OH excluding ortho intramolecular Hbond substituents is 2. The van der Waals surface area contributed by atoms with Crippen LogP contribution in [0.4, 0.5) is 0 Å². The van der Waals surface area contributed by atoms with Gasteiger partial charge in [-0.2, -0.15) is 0 Å². The first kappa shape index (κ1) is 25.8. The average Bonchev–Trinajstić information content (AvgIpc) is 2.81. The van der Waals surface area contributed by atoms with Crippen molar-refractivity contribution in [1.82, 2.24) is 5.32 Å². The van der Waals surface area contributed by atoms with Gasteiger partial charge in [-0.1, -0.05) is 76.1 Å². The molecule has 0 bridgehead atoms. The lowest BCUT2D eigenvalue weighted by atomic mass is 9.77. The van der Waals surface area contributed by atoms with E-state index in [1.807, 2.05) is 12.1 Å². The molecule has 0 saturated heterocycles. The van der Waals surface area contributed by atoms with Crippen LogP contribution in [0.25, 0.3) is 0 Å². The van der Waals surface area contributed by atoms with Crippen molar-refractivity contribution in [1.29, 1.82) is 0 Å². The quantitative estimate of drug-likeness (QED) is 0.261. The van der Waals surface area contributed by atoms with Crippen LogP contribution in [0, 0.1) is 0 Å². The van der Waals surface area contributed by atoms with Crippen LogP contribution in [-0.4, -0.2) is 23.2 Å². The summed E-state index contributed by atoms with van der Waals surface area (Å²) in [7, 11) is 1.70. The molecule has 0 radical (unpaired) electrons. The molecule has 2 aromatic rings. The van der Waals surface area contributed by atoms with Gasteiger partial charge in [-0.15, -0.1) is 0 Å². The molecule has 2 unspecified atom stereocenters. The second-order valence-electron chi connectivity index (χ2n) is 8.84. The first-order valence-electron chi connectivity index (χ1n) is 12.3. The molecule has 2 atom stereocenters. The number of phenols is 2. The summed E-state index contributed by atoms with van der Waals surface area (Å²) in [5, 5.41) is 22.1. The number of nitrogens with one attached hydrogen (secondary N) is 1. The van der Waals surface area contributed by atoms with Gasteiger partial charge in [0.1, 0.15) is 11.5 Å². The lowest BCUT2D eigenvalue weighted by Gasteiger charge is -2.28. The van der Waals surface area contributed by atoms with Crippen LogP contribution >= 0.6 is 0 Å². The number of amides is 1. The summed E-state index contributed by atoms with van der Waals surface area (Å²) < 4.78 is 0. The van der Waals surface area contributed by atoms with Gasteiger partial charge in [-0.25, -0.2) is 0 Å². The minimum Gasteiger partial charge on any atom is -0.508 e. The minimum absolute atomic E-state index is 0.144. The molecule has 2 rings (SSSR count). The van der Waals surface area contributed by atoms with Crippen LogP contribution in [-0.2, 0) is 4.79 Å². The highest BCUT2D eigenvalue weighted by Crippen LogP contribution is 2.40. The van der Waals surface area contributed by atoms with E-state index in [0.717, 1.165) is 25.7 Å². The van der Waals surface area contributed by atoms with Gasteiger partial charge < -0.3 is 15.5 Å². The fourth-order valence-electron chi connectivity index (χ4n) is 4.63. The predicted molar refractivity (Wildman–Crippen MR) is 132 cm³/mol. The van der Waals surface area contributed by atoms with E-state index in [4.69, 9.17) is 0 Å². The summed E-state index contributed by atoms with van der Waals surface area (Å²) >= 11 is 0. The zero-order valence-electron chi connectivity index (χ0n) is 19.9. The van der Waals surface area contributed by atoms with Crippen LogP contribution in [0.5, 0.6) is 11.5 Å². The van der Waals surface area contributed by atoms with Crippen LogP contribution in [0.3, 0.4) is 0 Å². The average molecular weight is 440 g/mol. The van der Waals surface area contributed by atoms with Crippen molar-refractivity contribution in [3.8, 4) is 11.5 Å². The molecule has 4 nitrogen and oxygen atoms in total. The van der Waals surface area contributed by atoms with E-state index in [0.29, 0.717) is 29.8 Å². The highest BCUT2D eigenvalue weighted by atomic mass is 16.3. The maximum atomic E-state index is 11.2. The van der Waals surface area contributed by atoms with Crippen molar-refractivity contribution >= 4 is 5.91 Å². The first-order valence-corrected chi connectivity index (χ1v) is 12.3. The highest BCUT2D eigenvalue weighted by Gasteiger charge is 2.23. The number of unbranched alkanes of at least 4 members (excludes halogenated alkanes) is 7. The van der Waals surface area contributed by atoms with Crippen molar-refractivity contribution in [2.75, 3.05) is 7.05 Å². The van der Waals surface area contributed by atoms with Gasteiger partial charge in [0.15, 0.2) is 0 Å². The Hall–Kier alpha value is -2.49. The number of aromatic hydroxyl groups is 2. The summed E-state index contributed by atoms with van der Waals surface area (Å²) in [6.07, 6.45) is 12.3. The zero-order valence-corrected chi connectivity index (χ0v) is 19.9. The fourth-order valence-corrected chi connectivity index (χ4v) is 4.63. The van der Waals surface area contributed by atoms with Gasteiger partial charge >= 0.3 is 0 Å². The van der Waals surface area contributed by atoms with Gasteiger partial charge in [-0.05, 0) is 66.5 Å². The molecule has 0 fully saturated rings. The lowest BCUT2D eigenvalue weighted by Crippen LogP contribution is -2.16. The van der Waals surface area contributed by atoms with Gasteiger partial charge in [0.25, 0.3) is 0 Å². The molecular formula is C28H41NO3. The molecule has 0 aliphatic rings. The Morgan fingerprint density at radius 3 is 1.62 bits per heavy atom. The molecule has 0 aromatic heterocycles. The van der Waals surface area contributed by atoms with Gasteiger partial charge in [0.05, 0.1) is 0 Å². The monoisotopic (exact) mass is 439 g/mol. The molecule has 2 aromatic carbocycles. The highest BCUT2D eigenvalue weighted by molar-refractivity contribution is 5.75. The molecule has 0 saturated carbocycles. The normalized spacial score (nSPS) is 12.9. The number of carbonyl (C=O) groups is 1. The fraction of sp³-hybridized carbons (Fsp3) is 0.536. The molecule has 0 spiro atoms. The van der Waals surface area contributed by atoms with E-state index in [9.17, 15) is 15.0 Å². The Kier molecular flexibility index (Phi) is 11.7. The van der Waals surface area contributed by atoms with Crippen molar-refractivity contribution in [3.63, 3.8) is 0 Å². The second kappa shape index (κ2) is 14.5. The molecule has 0 aliphatic carbocycles. The summed E-state index contributed by atoms with van der Waals surface area (Å²) in [4.78, 5) is 11.2. The maximum Gasteiger partial charge on any atom is 0.219 e. The first-order chi connectivity index (χ1) is 15.5. The van der Waals surface area contributed by atoms with Crippen LogP contribution in [0.15, 0.2) is 48.5 Å². The molecular weight excluding hydrogens is 398 g/mol. The lowest BCUT2D eigenvalue weighted by molar-refractivity contribution is -0.120. The molecule has 0 aliphatic heterocycles. The summed E-state index contributed by atoms with van der Waals surface area (Å²) in [5.41, 5.74) is 2.54. The van der Waals surface area contributed by atoms with Crippen molar-refractivity contribution < 1.29 is 15.0 Å². The Labute approximate surface area is 194 Å². The molecule has 176 valence electrons. The van der Waals surface area contributed by atoms with Crippen LogP contribution < -0.4 is 5.32 Å². The largest absolute Gasteiger partial charge is 0.508 e. The molecule has 4 heteroatoms. The number of hydrogen-bond acceptors (Lipinski definition) is 3. The van der Waals surface area contributed by atoms with E-state index in [1.54, 1.807) is 31.3 Å². The number of hydrogen-bond donors (Lipinski definition) is 3. The van der Waals surface area contributed by atoms with E-state index in [2.05, 4.69) is 24.4 Å². The Morgan fingerprint density at radius 2 is 1.16 bits per heavy atom. The van der Waals surface area contributed by atoms with E-state index < -0.39 is 0 Å². The summed E-state index contributed by atoms with van der Waals surface area (Å²) in [5.74, 6) is 1.54. The number of carbonyl (C=O) groups excluding carboxylic acids is 1. The van der Waals surface area contributed by atoms with E-state index >= 15 is 0 Å². The number of benzene rings is 2. The van der Waals surface area contributed by atoms with E-state index in [1.165, 1.54) is 49.7 Å². The van der Waals surface area contributed by atoms with Gasteiger partial charge in [-0.3, -0.25) is 4.79 Å². The zero-order chi connectivity index (χ0) is 23.2. The third-order valence-electron chi connectivity index (χ3n) is 6.52. The molecule has 3 N–H and O–H groups in total. The topological polar surface area (TPSA) is 69.6 Å². The van der Waals surface area contributed by atoms with Crippen molar-refractivity contribution in [3.05, 3.63) is 59.7 Å². The van der Waals surface area contributed by atoms with E-state index in [-0.39, 0.29) is 5.91 Å². The van der Waals surface area contributed by atoms with Gasteiger partial charge in [0.2, 0.25) is 5.91 Å². The SMILES string of the molecule is CCC(c1ccc(O)cc1)C(CCCCCCCCCCC(=O)NC)c1ccc(O)cc1. The third-order valence-corrected chi connectivity index (χ3v) is 6.52. The van der Waals surface area contributed by atoms with Crippen LogP contribution in [0.2, 0.25) is 0 Å². The smallest absolute Gasteiger partial charge is 0.219 e. The minimum atomic E-state index is 0.144. The van der Waals surface area contributed by atoms with Gasteiger partial charge in [0, 0.05) is 13.5 Å². The Bertz CT molecular complexity index is 770. The second-order valence-corrected chi connectivity index (χ2v) is 8.84. The Balaban J connectivity index is 1.82. The maximum absolute atomic E-state index is 11.2. The third kappa shape index (κ3) is 8.94. The van der Waals surface area contributed by atoms with Crippen molar-refractivity contribution in [2.45, 2.75) is 89.4 Å². The molecule has 32 heavy (non-hydrogen) atoms. The summed E-state index contributed by atoms with van der Waals surface area (Å²) in [6, 6.07) is 15.3. The predicted octanol–water partition coefficient (Wildman–Crippen LogP) is 7.02. The Morgan fingerprint density at radius 1 is 0.719 bits per heavy atom.